The Morgan fingerprint density at radius 2 is 1.76 bits per heavy atom. The fourth-order valence-electron chi connectivity index (χ4n) is 1.08. The Kier molecular flexibility index (Phi) is 6.25. The van der Waals surface area contributed by atoms with E-state index < -0.39 is 11.6 Å². The van der Waals surface area contributed by atoms with E-state index in [2.05, 4.69) is 4.94 Å². The fourth-order valence-corrected chi connectivity index (χ4v) is 1.08. The third kappa shape index (κ3) is 4.43. The maximum atomic E-state index is 11.8. The molecule has 17 heavy (non-hydrogen) atoms. The van der Waals surface area contributed by atoms with E-state index in [1.54, 1.807) is 12.1 Å². The smallest absolute Gasteiger partial charge is 0.391 e. The molecule has 0 fully saturated rings. The van der Waals surface area contributed by atoms with Crippen LogP contribution in [0.4, 0.5) is 4.53 Å². The Balaban J connectivity index is 0.00000121. The third-order valence-electron chi connectivity index (χ3n) is 2.02. The standard InChI is InChI=1S/C11H13FO3.C2H6/c1-8-6-4-5-7-9(8)14-11(2,3)10(13)15-12;1-2/h4-7H,1-3H3;1-2H3. The number of carbonyl (C=O) groups excluding carboxylic acids is 1. The van der Waals surface area contributed by atoms with E-state index in [4.69, 9.17) is 4.74 Å². The monoisotopic (exact) mass is 242 g/mol. The van der Waals surface area contributed by atoms with Crippen molar-refractivity contribution in [3.05, 3.63) is 29.8 Å². The van der Waals surface area contributed by atoms with E-state index in [1.807, 2.05) is 32.9 Å². The summed E-state index contributed by atoms with van der Waals surface area (Å²) in [6.45, 7) is 8.73. The molecule has 0 radical (unpaired) electrons. The van der Waals surface area contributed by atoms with Crippen molar-refractivity contribution in [2.45, 2.75) is 40.2 Å². The molecule has 0 atom stereocenters. The number of hydrogen-bond acceptors (Lipinski definition) is 3. The molecule has 0 saturated carbocycles. The molecule has 0 saturated heterocycles. The van der Waals surface area contributed by atoms with Crippen LogP contribution in [0.1, 0.15) is 33.3 Å². The third-order valence-corrected chi connectivity index (χ3v) is 2.02. The second-order valence-corrected chi connectivity index (χ2v) is 3.74. The number of carbonyl (C=O) groups is 1. The van der Waals surface area contributed by atoms with Crippen molar-refractivity contribution in [2.24, 2.45) is 0 Å². The summed E-state index contributed by atoms with van der Waals surface area (Å²) >= 11 is 0. The lowest BCUT2D eigenvalue weighted by Gasteiger charge is -2.22. The van der Waals surface area contributed by atoms with Crippen LogP contribution in [0.3, 0.4) is 0 Å². The number of para-hydroxylation sites is 1. The first-order valence-electron chi connectivity index (χ1n) is 5.55. The zero-order valence-corrected chi connectivity index (χ0v) is 10.9. The molecule has 0 aliphatic carbocycles. The molecule has 0 spiro atoms. The van der Waals surface area contributed by atoms with Gasteiger partial charge in [0.15, 0.2) is 0 Å². The number of halogens is 1. The summed E-state index contributed by atoms with van der Waals surface area (Å²) in [7, 11) is 0. The van der Waals surface area contributed by atoms with Gasteiger partial charge in [0.1, 0.15) is 5.75 Å². The first-order valence-corrected chi connectivity index (χ1v) is 5.55. The SMILES string of the molecule is CC.Cc1ccccc1OC(C)(C)C(=O)OF. The van der Waals surface area contributed by atoms with Crippen molar-refractivity contribution >= 4 is 5.97 Å². The molecule has 1 rings (SSSR count). The molecule has 4 heteroatoms. The number of hydrogen-bond donors (Lipinski definition) is 0. The van der Waals surface area contributed by atoms with Gasteiger partial charge in [-0.05, 0) is 32.4 Å². The Bertz CT molecular complexity index is 361. The minimum atomic E-state index is -1.33. The second kappa shape index (κ2) is 6.89. The van der Waals surface area contributed by atoms with Crippen LogP contribution in [-0.4, -0.2) is 11.6 Å². The number of ether oxygens (including phenoxy) is 1. The lowest BCUT2D eigenvalue weighted by atomic mass is 10.1. The Labute approximate surface area is 101 Å². The molecule has 0 amide bonds. The molecule has 0 aliphatic heterocycles. The predicted octanol–water partition coefficient (Wildman–Crippen LogP) is 3.61. The van der Waals surface area contributed by atoms with Gasteiger partial charge in [-0.15, -0.1) is 0 Å². The van der Waals surface area contributed by atoms with Gasteiger partial charge in [0.2, 0.25) is 5.60 Å². The van der Waals surface area contributed by atoms with Gasteiger partial charge in [0, 0.05) is 4.53 Å². The Morgan fingerprint density at radius 3 is 2.24 bits per heavy atom. The number of aryl methyl sites for hydroxylation is 1. The van der Waals surface area contributed by atoms with Gasteiger partial charge in [-0.2, -0.15) is 0 Å². The summed E-state index contributed by atoms with van der Waals surface area (Å²) < 4.78 is 17.1. The topological polar surface area (TPSA) is 35.5 Å². The van der Waals surface area contributed by atoms with Crippen LogP contribution in [0.5, 0.6) is 5.75 Å². The lowest BCUT2D eigenvalue weighted by Crippen LogP contribution is -2.38. The molecule has 1 aromatic carbocycles. The predicted molar refractivity (Wildman–Crippen MR) is 64.4 cm³/mol. The van der Waals surface area contributed by atoms with Gasteiger partial charge < -0.3 is 4.74 Å². The van der Waals surface area contributed by atoms with E-state index in [1.165, 1.54) is 13.8 Å². The van der Waals surface area contributed by atoms with E-state index in [0.717, 1.165) is 5.56 Å². The van der Waals surface area contributed by atoms with Gasteiger partial charge >= 0.3 is 5.97 Å². The van der Waals surface area contributed by atoms with Gasteiger partial charge in [0.05, 0.1) is 0 Å². The minimum Gasteiger partial charge on any atom is -0.476 e. The first kappa shape index (κ1) is 15.4. The highest BCUT2D eigenvalue weighted by Crippen LogP contribution is 2.23. The van der Waals surface area contributed by atoms with E-state index in [9.17, 15) is 9.32 Å². The molecular weight excluding hydrogens is 223 g/mol. The van der Waals surface area contributed by atoms with E-state index in [0.29, 0.717) is 5.75 Å². The summed E-state index contributed by atoms with van der Waals surface area (Å²) in [6, 6.07) is 7.18. The molecule has 3 nitrogen and oxygen atoms in total. The van der Waals surface area contributed by atoms with Gasteiger partial charge in [-0.3, -0.25) is 4.94 Å². The summed E-state index contributed by atoms with van der Waals surface area (Å²) in [6.07, 6.45) is 0. The highest BCUT2D eigenvalue weighted by molar-refractivity contribution is 5.78. The molecule has 0 bridgehead atoms. The quantitative estimate of drug-likeness (QED) is 0.812. The minimum absolute atomic E-state index is 0.535. The van der Waals surface area contributed by atoms with Crippen molar-refractivity contribution in [2.75, 3.05) is 0 Å². The van der Waals surface area contributed by atoms with Crippen LogP contribution in [0.2, 0.25) is 0 Å². The summed E-state index contributed by atoms with van der Waals surface area (Å²) in [4.78, 5) is 14.2. The zero-order chi connectivity index (χ0) is 13.5. The van der Waals surface area contributed by atoms with Crippen molar-refractivity contribution < 1.29 is 19.0 Å². The van der Waals surface area contributed by atoms with Gasteiger partial charge in [0.25, 0.3) is 0 Å². The van der Waals surface area contributed by atoms with Crippen LogP contribution in [0, 0.1) is 6.92 Å². The summed E-state index contributed by atoms with van der Waals surface area (Å²) in [5, 5.41) is 0. The van der Waals surface area contributed by atoms with Gasteiger partial charge in [-0.25, -0.2) is 4.79 Å². The van der Waals surface area contributed by atoms with Crippen molar-refractivity contribution in [3.63, 3.8) is 0 Å². The van der Waals surface area contributed by atoms with E-state index in [-0.39, 0.29) is 0 Å². The summed E-state index contributed by atoms with van der Waals surface area (Å²) in [5.74, 6) is -0.515. The van der Waals surface area contributed by atoms with Crippen LogP contribution >= 0.6 is 0 Å². The molecule has 96 valence electrons. The zero-order valence-electron chi connectivity index (χ0n) is 10.9. The molecule has 0 N–H and O–H groups in total. The van der Waals surface area contributed by atoms with Crippen molar-refractivity contribution in [3.8, 4) is 5.75 Å². The van der Waals surface area contributed by atoms with Crippen molar-refractivity contribution in [1.82, 2.24) is 0 Å². The normalized spacial score (nSPS) is 10.0. The molecule has 1 aromatic rings. The summed E-state index contributed by atoms with van der Waals surface area (Å²) in [5.41, 5.74) is -0.460. The number of benzene rings is 1. The first-order chi connectivity index (χ1) is 7.97. The molecule has 0 unspecified atom stereocenters. The Morgan fingerprint density at radius 1 is 1.24 bits per heavy atom. The second-order valence-electron chi connectivity index (χ2n) is 3.74. The number of rotatable bonds is 3. The van der Waals surface area contributed by atoms with Crippen LogP contribution in [-0.2, 0) is 9.74 Å². The Hall–Kier alpha value is -1.58. The maximum Gasteiger partial charge on any atom is 0.391 e. The maximum absolute atomic E-state index is 11.8. The molecule has 0 aliphatic rings. The molecule has 0 aromatic heterocycles. The highest BCUT2D eigenvalue weighted by atomic mass is 19.3. The van der Waals surface area contributed by atoms with Crippen LogP contribution < -0.4 is 4.74 Å². The van der Waals surface area contributed by atoms with Crippen molar-refractivity contribution in [1.29, 1.82) is 0 Å². The van der Waals surface area contributed by atoms with Crippen LogP contribution in [0.25, 0.3) is 0 Å². The molecular formula is C13H19FO3. The average molecular weight is 242 g/mol. The molecule has 0 heterocycles. The largest absolute Gasteiger partial charge is 0.476 e. The van der Waals surface area contributed by atoms with Crippen LogP contribution in [0.15, 0.2) is 24.3 Å². The highest BCUT2D eigenvalue weighted by Gasteiger charge is 2.33. The average Bonchev–Trinajstić information content (AvgIpc) is 2.33. The van der Waals surface area contributed by atoms with E-state index >= 15 is 0 Å². The fraction of sp³-hybridized carbons (Fsp3) is 0.462. The lowest BCUT2D eigenvalue weighted by molar-refractivity contribution is -0.199. The van der Waals surface area contributed by atoms with Gasteiger partial charge in [-0.1, -0.05) is 32.0 Å².